The van der Waals surface area contributed by atoms with Crippen LogP contribution in [0.25, 0.3) is 0 Å². The molecule has 1 N–H and O–H groups in total. The quantitative estimate of drug-likeness (QED) is 0.825. The molecule has 0 aliphatic heterocycles. The SMILES string of the molecule is CNS(=O)(=O)c1c(F)ccc(Cl)c1Cl. The van der Waals surface area contributed by atoms with Gasteiger partial charge in [0, 0.05) is 0 Å². The van der Waals surface area contributed by atoms with Gasteiger partial charge >= 0.3 is 0 Å². The maximum atomic E-state index is 13.2. The van der Waals surface area contributed by atoms with Crippen molar-refractivity contribution in [1.29, 1.82) is 0 Å². The third-order valence-corrected chi connectivity index (χ3v) is 3.93. The molecule has 1 rings (SSSR count). The molecule has 0 atom stereocenters. The third-order valence-electron chi connectivity index (χ3n) is 1.54. The summed E-state index contributed by atoms with van der Waals surface area (Å²) < 4.78 is 37.7. The van der Waals surface area contributed by atoms with Crippen LogP contribution in [0.1, 0.15) is 0 Å². The molecule has 0 aliphatic carbocycles. The molecule has 78 valence electrons. The highest BCUT2D eigenvalue weighted by Crippen LogP contribution is 2.30. The first-order valence-electron chi connectivity index (χ1n) is 3.47. The molecule has 7 heteroatoms. The number of benzene rings is 1. The molecule has 0 amide bonds. The first kappa shape index (κ1) is 11.7. The summed E-state index contributed by atoms with van der Waals surface area (Å²) in [5.74, 6) is -0.936. The monoisotopic (exact) mass is 257 g/mol. The lowest BCUT2D eigenvalue weighted by molar-refractivity contribution is 0.562. The van der Waals surface area contributed by atoms with E-state index in [0.29, 0.717) is 0 Å². The Kier molecular flexibility index (Phi) is 3.36. The zero-order chi connectivity index (χ0) is 10.9. The zero-order valence-corrected chi connectivity index (χ0v) is 9.34. The van der Waals surface area contributed by atoms with Crippen molar-refractivity contribution in [2.45, 2.75) is 4.90 Å². The Hall–Kier alpha value is -0.360. The van der Waals surface area contributed by atoms with Gasteiger partial charge in [-0.05, 0) is 19.2 Å². The lowest BCUT2D eigenvalue weighted by Gasteiger charge is -2.06. The van der Waals surface area contributed by atoms with Crippen LogP contribution in [0.4, 0.5) is 4.39 Å². The van der Waals surface area contributed by atoms with Crippen molar-refractivity contribution in [2.75, 3.05) is 7.05 Å². The fraction of sp³-hybridized carbons (Fsp3) is 0.143. The first-order valence-corrected chi connectivity index (χ1v) is 5.71. The normalized spacial score (nSPS) is 11.7. The molecule has 1 aromatic carbocycles. The summed E-state index contributed by atoms with van der Waals surface area (Å²) in [5, 5.41) is -0.331. The average Bonchev–Trinajstić information content (AvgIpc) is 2.12. The van der Waals surface area contributed by atoms with Gasteiger partial charge < -0.3 is 0 Å². The van der Waals surface area contributed by atoms with Gasteiger partial charge in [0.2, 0.25) is 10.0 Å². The highest BCUT2D eigenvalue weighted by molar-refractivity contribution is 7.89. The van der Waals surface area contributed by atoms with E-state index in [1.54, 1.807) is 0 Å². The molecular weight excluding hydrogens is 252 g/mol. The lowest BCUT2D eigenvalue weighted by Crippen LogP contribution is -2.20. The highest BCUT2D eigenvalue weighted by atomic mass is 35.5. The maximum absolute atomic E-state index is 13.2. The highest BCUT2D eigenvalue weighted by Gasteiger charge is 2.22. The van der Waals surface area contributed by atoms with E-state index in [1.807, 2.05) is 4.72 Å². The smallest absolute Gasteiger partial charge is 0.214 e. The van der Waals surface area contributed by atoms with Gasteiger partial charge in [-0.25, -0.2) is 17.5 Å². The summed E-state index contributed by atoms with van der Waals surface area (Å²) >= 11 is 11.1. The van der Waals surface area contributed by atoms with E-state index >= 15 is 0 Å². The molecule has 0 saturated carbocycles. The van der Waals surface area contributed by atoms with Crippen molar-refractivity contribution in [3.63, 3.8) is 0 Å². The second-order valence-electron chi connectivity index (χ2n) is 2.38. The number of nitrogens with one attached hydrogen (secondary N) is 1. The van der Waals surface area contributed by atoms with Gasteiger partial charge in [0.05, 0.1) is 10.0 Å². The van der Waals surface area contributed by atoms with Crippen LogP contribution < -0.4 is 4.72 Å². The maximum Gasteiger partial charge on any atom is 0.244 e. The molecule has 0 aliphatic rings. The Morgan fingerprint density at radius 3 is 2.43 bits per heavy atom. The molecule has 0 unspecified atom stereocenters. The fourth-order valence-electron chi connectivity index (χ4n) is 0.857. The van der Waals surface area contributed by atoms with Gasteiger partial charge in [0.15, 0.2) is 0 Å². The van der Waals surface area contributed by atoms with E-state index in [1.165, 1.54) is 6.07 Å². The minimum Gasteiger partial charge on any atom is -0.214 e. The standard InChI is InChI=1S/C7H6Cl2FNO2S/c1-11-14(12,13)7-5(10)3-2-4(8)6(7)9/h2-3,11H,1H3. The number of hydrogen-bond acceptors (Lipinski definition) is 2. The van der Waals surface area contributed by atoms with Gasteiger partial charge in [0.1, 0.15) is 10.7 Å². The molecule has 0 saturated heterocycles. The second-order valence-corrected chi connectivity index (χ2v) is 4.99. The van der Waals surface area contributed by atoms with Gasteiger partial charge in [-0.2, -0.15) is 0 Å². The van der Waals surface area contributed by atoms with Crippen LogP contribution in [0.2, 0.25) is 10.0 Å². The Bertz CT molecular complexity index is 461. The van der Waals surface area contributed by atoms with Gasteiger partial charge in [-0.3, -0.25) is 0 Å². The van der Waals surface area contributed by atoms with Crippen molar-refractivity contribution >= 4 is 33.2 Å². The van der Waals surface area contributed by atoms with Crippen LogP contribution in [0.5, 0.6) is 0 Å². The summed E-state index contributed by atoms with van der Waals surface area (Å²) in [7, 11) is -2.76. The molecule has 1 aromatic rings. The van der Waals surface area contributed by atoms with E-state index < -0.39 is 20.7 Å². The van der Waals surface area contributed by atoms with E-state index in [-0.39, 0.29) is 10.0 Å². The van der Waals surface area contributed by atoms with E-state index in [2.05, 4.69) is 0 Å². The molecule has 3 nitrogen and oxygen atoms in total. The molecule has 0 spiro atoms. The van der Waals surface area contributed by atoms with Crippen molar-refractivity contribution < 1.29 is 12.8 Å². The second kappa shape index (κ2) is 4.02. The molecule has 0 heterocycles. The molecular formula is C7H6Cl2FNO2S. The van der Waals surface area contributed by atoms with Crippen LogP contribution >= 0.6 is 23.2 Å². The van der Waals surface area contributed by atoms with Gasteiger partial charge in [-0.15, -0.1) is 0 Å². The Balaban J connectivity index is 3.56. The van der Waals surface area contributed by atoms with Crippen molar-refractivity contribution in [3.8, 4) is 0 Å². The first-order chi connectivity index (χ1) is 6.40. The number of hydrogen-bond donors (Lipinski definition) is 1. The Morgan fingerprint density at radius 2 is 1.93 bits per heavy atom. The largest absolute Gasteiger partial charge is 0.244 e. The predicted molar refractivity (Wildman–Crippen MR) is 52.7 cm³/mol. The molecule has 0 radical (unpaired) electrons. The number of rotatable bonds is 2. The van der Waals surface area contributed by atoms with Gasteiger partial charge in [-0.1, -0.05) is 23.2 Å². The Labute approximate surface area is 90.9 Å². The summed E-state index contributed by atoms with van der Waals surface area (Å²) in [4.78, 5) is -0.630. The van der Waals surface area contributed by atoms with Crippen LogP contribution in [0, 0.1) is 5.82 Å². The third kappa shape index (κ3) is 2.00. The van der Waals surface area contributed by atoms with Crippen LogP contribution in [0.15, 0.2) is 17.0 Å². The van der Waals surface area contributed by atoms with Crippen LogP contribution in [-0.4, -0.2) is 15.5 Å². The topological polar surface area (TPSA) is 46.2 Å². The molecule has 0 bridgehead atoms. The predicted octanol–water partition coefficient (Wildman–Crippen LogP) is 2.04. The van der Waals surface area contributed by atoms with Crippen LogP contribution in [0.3, 0.4) is 0 Å². The minimum atomic E-state index is -3.92. The van der Waals surface area contributed by atoms with E-state index in [0.717, 1.165) is 13.1 Å². The minimum absolute atomic E-state index is 0.0121. The van der Waals surface area contributed by atoms with E-state index in [4.69, 9.17) is 23.2 Å². The zero-order valence-electron chi connectivity index (χ0n) is 7.01. The fourth-order valence-corrected chi connectivity index (χ4v) is 2.40. The summed E-state index contributed by atoms with van der Waals surface area (Å²) in [6, 6.07) is 2.13. The molecule has 0 aromatic heterocycles. The van der Waals surface area contributed by atoms with Crippen molar-refractivity contribution in [2.24, 2.45) is 0 Å². The Morgan fingerprint density at radius 1 is 1.36 bits per heavy atom. The average molecular weight is 258 g/mol. The summed E-state index contributed by atoms with van der Waals surface area (Å²) in [6.45, 7) is 0. The molecule has 14 heavy (non-hydrogen) atoms. The van der Waals surface area contributed by atoms with Gasteiger partial charge in [0.25, 0.3) is 0 Å². The summed E-state index contributed by atoms with van der Waals surface area (Å²) in [5.41, 5.74) is 0. The number of sulfonamides is 1. The van der Waals surface area contributed by atoms with Crippen LogP contribution in [-0.2, 0) is 10.0 Å². The van der Waals surface area contributed by atoms with Crippen molar-refractivity contribution in [3.05, 3.63) is 28.0 Å². The summed E-state index contributed by atoms with van der Waals surface area (Å²) in [6.07, 6.45) is 0. The lowest BCUT2D eigenvalue weighted by atomic mass is 10.3. The van der Waals surface area contributed by atoms with E-state index in [9.17, 15) is 12.8 Å². The molecule has 0 fully saturated rings. The van der Waals surface area contributed by atoms with Crippen molar-refractivity contribution in [1.82, 2.24) is 4.72 Å². The number of halogens is 3.